The molecule has 0 saturated carbocycles. The summed E-state index contributed by atoms with van der Waals surface area (Å²) in [4.78, 5) is 10.5. The molecule has 0 rings (SSSR count). The molecule has 0 radical (unpaired) electrons. The van der Waals surface area contributed by atoms with Crippen LogP contribution >= 0.6 is 0 Å². The minimum absolute atomic E-state index is 0.0267. The summed E-state index contributed by atoms with van der Waals surface area (Å²) in [7, 11) is 0. The van der Waals surface area contributed by atoms with Crippen LogP contribution in [0.4, 0.5) is 8.78 Å². The fraction of sp³-hybridized carbons (Fsp3) is 0.500. The Kier molecular flexibility index (Phi) is 3.78. The molecular formula is C6H11F2N3O. The molecule has 6 heteroatoms. The molecule has 6 N–H and O–H groups in total. The third kappa shape index (κ3) is 2.24. The second-order valence-corrected chi connectivity index (χ2v) is 2.24. The van der Waals surface area contributed by atoms with E-state index in [1.807, 2.05) is 0 Å². The van der Waals surface area contributed by atoms with Gasteiger partial charge >= 0.3 is 0 Å². The first kappa shape index (κ1) is 11.0. The molecule has 0 aliphatic carbocycles. The van der Waals surface area contributed by atoms with Crippen molar-refractivity contribution in [2.75, 3.05) is 6.54 Å². The molecule has 1 unspecified atom stereocenters. The van der Waals surface area contributed by atoms with E-state index in [1.54, 1.807) is 0 Å². The molecule has 0 aliphatic heterocycles. The van der Waals surface area contributed by atoms with Crippen molar-refractivity contribution in [3.05, 3.63) is 12.2 Å². The van der Waals surface area contributed by atoms with Crippen molar-refractivity contribution in [1.82, 2.24) is 0 Å². The van der Waals surface area contributed by atoms with Gasteiger partial charge in [-0.3, -0.25) is 4.79 Å². The maximum absolute atomic E-state index is 12.1. The summed E-state index contributed by atoms with van der Waals surface area (Å²) in [5.74, 6) is -1.28. The highest BCUT2D eigenvalue weighted by molar-refractivity contribution is 5.87. The Balaban J connectivity index is 4.63. The molecule has 4 nitrogen and oxygen atoms in total. The number of carbonyl (C=O) groups excluding carboxylic acids is 1. The summed E-state index contributed by atoms with van der Waals surface area (Å²) in [6.45, 7) is 0.0267. The Morgan fingerprint density at radius 3 is 2.33 bits per heavy atom. The van der Waals surface area contributed by atoms with Crippen LogP contribution in [0.2, 0.25) is 0 Å². The molecule has 70 valence electrons. The lowest BCUT2D eigenvalue weighted by atomic mass is 10.0. The molecule has 1 amide bonds. The average Bonchev–Trinajstić information content (AvgIpc) is 1.99. The van der Waals surface area contributed by atoms with E-state index in [2.05, 4.69) is 5.73 Å². The van der Waals surface area contributed by atoms with E-state index in [-0.39, 0.29) is 6.54 Å². The molecule has 0 bridgehead atoms. The van der Waals surface area contributed by atoms with Crippen LogP contribution in [0, 0.1) is 0 Å². The van der Waals surface area contributed by atoms with E-state index >= 15 is 0 Å². The van der Waals surface area contributed by atoms with Crippen molar-refractivity contribution in [3.8, 4) is 0 Å². The summed E-state index contributed by atoms with van der Waals surface area (Å²) in [5, 5.41) is 0. The smallest absolute Gasteiger partial charge is 0.268 e. The molecule has 12 heavy (non-hydrogen) atoms. The van der Waals surface area contributed by atoms with Gasteiger partial charge in [-0.2, -0.15) is 0 Å². The summed E-state index contributed by atoms with van der Waals surface area (Å²) in [6, 6.07) is 0. The fourth-order valence-electron chi connectivity index (χ4n) is 0.525. The van der Waals surface area contributed by atoms with Crippen LogP contribution in [0.15, 0.2) is 12.2 Å². The van der Waals surface area contributed by atoms with Gasteiger partial charge in [0.2, 0.25) is 5.91 Å². The molecule has 0 aromatic carbocycles. The van der Waals surface area contributed by atoms with Gasteiger partial charge in [-0.1, -0.05) is 12.2 Å². The van der Waals surface area contributed by atoms with Crippen LogP contribution in [0.3, 0.4) is 0 Å². The molecule has 0 saturated heterocycles. The summed E-state index contributed by atoms with van der Waals surface area (Å²) >= 11 is 0. The van der Waals surface area contributed by atoms with Crippen LogP contribution < -0.4 is 17.2 Å². The highest BCUT2D eigenvalue weighted by Crippen LogP contribution is 2.13. The van der Waals surface area contributed by atoms with Gasteiger partial charge in [0.05, 0.1) is 0 Å². The third-order valence-electron chi connectivity index (χ3n) is 1.32. The first-order chi connectivity index (χ1) is 5.45. The van der Waals surface area contributed by atoms with Gasteiger partial charge < -0.3 is 17.2 Å². The van der Waals surface area contributed by atoms with Crippen molar-refractivity contribution >= 4 is 5.91 Å². The molecule has 0 fully saturated rings. The number of rotatable bonds is 4. The number of amides is 1. The maximum atomic E-state index is 12.1. The van der Waals surface area contributed by atoms with E-state index in [1.165, 1.54) is 0 Å². The van der Waals surface area contributed by atoms with Crippen molar-refractivity contribution in [2.45, 2.75) is 12.0 Å². The zero-order chi connectivity index (χ0) is 9.78. The van der Waals surface area contributed by atoms with Gasteiger partial charge in [-0.15, -0.1) is 0 Å². The zero-order valence-electron chi connectivity index (χ0n) is 6.34. The molecule has 0 heterocycles. The molecular weight excluding hydrogens is 168 g/mol. The largest absolute Gasteiger partial charge is 0.368 e. The molecule has 0 aliphatic rings. The summed E-state index contributed by atoms with van der Waals surface area (Å²) in [6.07, 6.45) is -1.05. The number of hydrogen-bond donors (Lipinski definition) is 3. The number of alkyl halides is 2. The van der Waals surface area contributed by atoms with E-state index in [0.29, 0.717) is 0 Å². The first-order valence-electron chi connectivity index (χ1n) is 3.20. The Bertz CT molecular complexity index is 195. The fourth-order valence-corrected chi connectivity index (χ4v) is 0.525. The van der Waals surface area contributed by atoms with Crippen molar-refractivity contribution in [1.29, 1.82) is 0 Å². The SMILES string of the molecule is NC/C=C/C(N)(C(N)=O)C(F)F. The highest BCUT2D eigenvalue weighted by Gasteiger charge is 2.39. The Hall–Kier alpha value is -1.01. The highest BCUT2D eigenvalue weighted by atomic mass is 19.3. The standard InChI is InChI=1S/C6H11F2N3O/c7-4(8)6(11,5(10)12)2-1-3-9/h1-2,4H,3,9,11H2,(H2,10,12)/b2-1+. The lowest BCUT2D eigenvalue weighted by Crippen LogP contribution is -2.56. The second-order valence-electron chi connectivity index (χ2n) is 2.24. The Morgan fingerprint density at radius 1 is 1.58 bits per heavy atom. The quantitative estimate of drug-likeness (QED) is 0.480. The molecule has 0 aromatic rings. The van der Waals surface area contributed by atoms with Gasteiger partial charge in [0.1, 0.15) is 0 Å². The number of primary amides is 1. The van der Waals surface area contributed by atoms with Gasteiger partial charge in [0.15, 0.2) is 5.54 Å². The normalized spacial score (nSPS) is 16.8. The van der Waals surface area contributed by atoms with Gasteiger partial charge in [0, 0.05) is 6.54 Å². The lowest BCUT2D eigenvalue weighted by molar-refractivity contribution is -0.126. The van der Waals surface area contributed by atoms with Crippen molar-refractivity contribution < 1.29 is 13.6 Å². The van der Waals surface area contributed by atoms with Crippen molar-refractivity contribution in [3.63, 3.8) is 0 Å². The topological polar surface area (TPSA) is 95.1 Å². The van der Waals surface area contributed by atoms with E-state index in [0.717, 1.165) is 12.2 Å². The minimum Gasteiger partial charge on any atom is -0.368 e. The minimum atomic E-state index is -3.03. The zero-order valence-corrected chi connectivity index (χ0v) is 6.34. The lowest BCUT2D eigenvalue weighted by Gasteiger charge is -2.20. The Morgan fingerprint density at radius 2 is 2.08 bits per heavy atom. The van der Waals surface area contributed by atoms with Gasteiger partial charge in [-0.05, 0) is 0 Å². The molecule has 1 atom stereocenters. The second kappa shape index (κ2) is 4.13. The number of hydrogen-bond acceptors (Lipinski definition) is 3. The van der Waals surface area contributed by atoms with E-state index < -0.39 is 17.9 Å². The first-order valence-corrected chi connectivity index (χ1v) is 3.20. The predicted octanol–water partition coefficient (Wildman–Crippen LogP) is -1.05. The van der Waals surface area contributed by atoms with Gasteiger partial charge in [0.25, 0.3) is 6.43 Å². The van der Waals surface area contributed by atoms with E-state index in [4.69, 9.17) is 11.5 Å². The molecule has 0 aromatic heterocycles. The third-order valence-corrected chi connectivity index (χ3v) is 1.32. The van der Waals surface area contributed by atoms with Crippen molar-refractivity contribution in [2.24, 2.45) is 17.2 Å². The summed E-state index contributed by atoms with van der Waals surface area (Å²) in [5.41, 5.74) is 12.3. The number of halogens is 2. The predicted molar refractivity (Wildman–Crippen MR) is 40.3 cm³/mol. The van der Waals surface area contributed by atoms with Crippen LogP contribution in [0.1, 0.15) is 0 Å². The number of nitrogens with two attached hydrogens (primary N) is 3. The van der Waals surface area contributed by atoms with Crippen LogP contribution in [0.5, 0.6) is 0 Å². The average molecular weight is 179 g/mol. The Labute approximate surface area is 68.4 Å². The maximum Gasteiger partial charge on any atom is 0.268 e. The van der Waals surface area contributed by atoms with Crippen LogP contribution in [-0.2, 0) is 4.79 Å². The number of carbonyl (C=O) groups is 1. The van der Waals surface area contributed by atoms with E-state index in [9.17, 15) is 13.6 Å². The summed E-state index contributed by atoms with van der Waals surface area (Å²) < 4.78 is 24.3. The molecule has 0 spiro atoms. The van der Waals surface area contributed by atoms with Crippen LogP contribution in [0.25, 0.3) is 0 Å². The monoisotopic (exact) mass is 179 g/mol. The van der Waals surface area contributed by atoms with Gasteiger partial charge in [-0.25, -0.2) is 8.78 Å². The van der Waals surface area contributed by atoms with Crippen LogP contribution in [-0.4, -0.2) is 24.4 Å².